The Kier molecular flexibility index (Phi) is 59.0. The summed E-state index contributed by atoms with van der Waals surface area (Å²) in [7, 11) is 0. The minimum atomic E-state index is -0.673. The number of nitrogens with one attached hydrogen (secondary N) is 1. The van der Waals surface area contributed by atoms with E-state index in [1.165, 1.54) is 270 Å². The molecule has 2 atom stereocenters. The molecule has 6 nitrogen and oxygen atoms in total. The number of unbranched alkanes of at least 4 members (excludes halogenated alkanes) is 47. The summed E-state index contributed by atoms with van der Waals surface area (Å²) in [5.41, 5.74) is 0. The average molecular weight is 989 g/mol. The van der Waals surface area contributed by atoms with Crippen molar-refractivity contribution >= 4 is 11.9 Å². The zero-order valence-electron chi connectivity index (χ0n) is 47.5. The van der Waals surface area contributed by atoms with Crippen LogP contribution in [0.3, 0.4) is 0 Å². The number of allylic oxidation sites excluding steroid dienone is 2. The molecule has 2 unspecified atom stereocenters. The quantitative estimate of drug-likeness (QED) is 0.0321. The highest BCUT2D eigenvalue weighted by Gasteiger charge is 2.20. The molecular weight excluding hydrogens is 863 g/mol. The van der Waals surface area contributed by atoms with Crippen molar-refractivity contribution in [2.45, 2.75) is 373 Å². The molecule has 416 valence electrons. The fourth-order valence-corrected chi connectivity index (χ4v) is 10.2. The second-order valence-electron chi connectivity index (χ2n) is 22.1. The van der Waals surface area contributed by atoms with Crippen LogP contribution < -0.4 is 5.32 Å². The lowest BCUT2D eigenvalue weighted by Crippen LogP contribution is -2.45. The van der Waals surface area contributed by atoms with Gasteiger partial charge in [-0.2, -0.15) is 0 Å². The maximum absolute atomic E-state index is 12.5. The molecule has 0 radical (unpaired) electrons. The van der Waals surface area contributed by atoms with E-state index in [2.05, 4.69) is 31.3 Å². The summed E-state index contributed by atoms with van der Waals surface area (Å²) in [4.78, 5) is 24.6. The van der Waals surface area contributed by atoms with Gasteiger partial charge < -0.3 is 20.3 Å². The summed E-state index contributed by atoms with van der Waals surface area (Å²) in [6.45, 7) is 4.97. The lowest BCUT2D eigenvalue weighted by molar-refractivity contribution is -0.143. The van der Waals surface area contributed by atoms with Gasteiger partial charge in [0.2, 0.25) is 5.91 Å². The molecule has 0 aliphatic carbocycles. The number of hydrogen-bond donors (Lipinski definition) is 3. The number of carbonyl (C=O) groups excluding carboxylic acids is 2. The molecule has 0 bridgehead atoms. The van der Waals surface area contributed by atoms with Crippen LogP contribution in [0.1, 0.15) is 361 Å². The van der Waals surface area contributed by atoms with Crippen molar-refractivity contribution in [2.24, 2.45) is 0 Å². The van der Waals surface area contributed by atoms with Gasteiger partial charge in [-0.15, -0.1) is 0 Å². The Labute approximate surface area is 438 Å². The molecule has 0 aliphatic heterocycles. The summed E-state index contributed by atoms with van der Waals surface area (Å²) in [6.07, 6.45) is 72.2. The van der Waals surface area contributed by atoms with E-state index in [0.29, 0.717) is 25.9 Å². The zero-order chi connectivity index (χ0) is 50.7. The van der Waals surface area contributed by atoms with E-state index in [-0.39, 0.29) is 18.5 Å². The predicted octanol–water partition coefficient (Wildman–Crippen LogP) is 20.0. The number of aliphatic hydroxyl groups is 2. The fourth-order valence-electron chi connectivity index (χ4n) is 10.2. The largest absolute Gasteiger partial charge is 0.466 e. The third kappa shape index (κ3) is 55.9. The van der Waals surface area contributed by atoms with Gasteiger partial charge in [-0.25, -0.2) is 0 Å². The molecule has 3 N–H and O–H groups in total. The molecule has 0 aromatic carbocycles. The Hall–Kier alpha value is -1.40. The smallest absolute Gasteiger partial charge is 0.305 e. The predicted molar refractivity (Wildman–Crippen MR) is 306 cm³/mol. The highest BCUT2D eigenvalue weighted by molar-refractivity contribution is 5.76. The monoisotopic (exact) mass is 988 g/mol. The molecule has 0 spiro atoms. The van der Waals surface area contributed by atoms with Gasteiger partial charge in [0.1, 0.15) is 0 Å². The highest BCUT2D eigenvalue weighted by Crippen LogP contribution is 2.18. The van der Waals surface area contributed by atoms with Crippen LogP contribution in [-0.2, 0) is 14.3 Å². The first-order valence-electron chi connectivity index (χ1n) is 31.9. The van der Waals surface area contributed by atoms with Crippen LogP contribution in [-0.4, -0.2) is 47.4 Å². The molecular formula is C64H125NO5. The van der Waals surface area contributed by atoms with E-state index in [1.54, 1.807) is 0 Å². The second-order valence-corrected chi connectivity index (χ2v) is 22.1. The molecule has 0 fully saturated rings. The van der Waals surface area contributed by atoms with Gasteiger partial charge in [0.25, 0.3) is 0 Å². The van der Waals surface area contributed by atoms with E-state index in [9.17, 15) is 19.8 Å². The Balaban J connectivity index is 3.44. The van der Waals surface area contributed by atoms with Crippen LogP contribution in [0.15, 0.2) is 12.2 Å². The minimum absolute atomic E-state index is 0.00555. The molecule has 0 rings (SSSR count). The van der Waals surface area contributed by atoms with Crippen LogP contribution in [0.2, 0.25) is 0 Å². The van der Waals surface area contributed by atoms with Gasteiger partial charge >= 0.3 is 5.97 Å². The highest BCUT2D eigenvalue weighted by atomic mass is 16.5. The Morgan fingerprint density at radius 3 is 1.01 bits per heavy atom. The first-order valence-corrected chi connectivity index (χ1v) is 31.9. The topological polar surface area (TPSA) is 95.9 Å². The van der Waals surface area contributed by atoms with Gasteiger partial charge in [0.15, 0.2) is 0 Å². The third-order valence-electron chi connectivity index (χ3n) is 15.1. The van der Waals surface area contributed by atoms with E-state index in [4.69, 9.17) is 4.74 Å². The van der Waals surface area contributed by atoms with Crippen LogP contribution in [0.4, 0.5) is 0 Å². The SMILES string of the molecule is CCCCCCCCCCCCCCCCCCCCCCCCC(O)C(CO)NC(=O)CCCCCCC/C=C\CCCCCCCCCCCOC(=O)CCCCCCCCCCCCCCC. The van der Waals surface area contributed by atoms with Gasteiger partial charge in [0.05, 0.1) is 25.4 Å². The number of esters is 1. The van der Waals surface area contributed by atoms with E-state index in [1.807, 2.05) is 0 Å². The number of aliphatic hydroxyl groups excluding tert-OH is 2. The van der Waals surface area contributed by atoms with Gasteiger partial charge in [-0.05, 0) is 51.4 Å². The van der Waals surface area contributed by atoms with Crippen LogP contribution >= 0.6 is 0 Å². The molecule has 0 saturated heterocycles. The summed E-state index contributed by atoms with van der Waals surface area (Å²) in [6, 6.07) is -0.552. The molecule has 0 aromatic heterocycles. The molecule has 0 heterocycles. The number of ether oxygens (including phenoxy) is 1. The minimum Gasteiger partial charge on any atom is -0.466 e. The Morgan fingerprint density at radius 1 is 0.386 bits per heavy atom. The van der Waals surface area contributed by atoms with Crippen molar-refractivity contribution in [3.8, 4) is 0 Å². The standard InChI is InChI=1S/C64H125NO5/c1-3-5-7-9-11-13-15-17-18-19-20-21-22-23-26-29-33-36-40-44-48-52-56-62(67)61(60-66)65-63(68)57-53-49-45-41-37-34-30-27-24-25-28-31-35-39-43-47-51-55-59-70-64(69)58-54-50-46-42-38-32-16-14-12-10-8-6-4-2/h27,30,61-62,66-67H,3-26,28-29,31-60H2,1-2H3,(H,65,68)/b30-27-. The zero-order valence-corrected chi connectivity index (χ0v) is 47.5. The molecule has 70 heavy (non-hydrogen) atoms. The Morgan fingerprint density at radius 2 is 0.671 bits per heavy atom. The average Bonchev–Trinajstić information content (AvgIpc) is 3.36. The van der Waals surface area contributed by atoms with Crippen LogP contribution in [0.5, 0.6) is 0 Å². The van der Waals surface area contributed by atoms with Crippen molar-refractivity contribution < 1.29 is 24.5 Å². The fraction of sp³-hybridized carbons (Fsp3) is 0.938. The van der Waals surface area contributed by atoms with Crippen molar-refractivity contribution in [3.05, 3.63) is 12.2 Å². The van der Waals surface area contributed by atoms with E-state index in [0.717, 1.165) is 57.8 Å². The van der Waals surface area contributed by atoms with E-state index < -0.39 is 12.1 Å². The second kappa shape index (κ2) is 60.2. The van der Waals surface area contributed by atoms with Gasteiger partial charge in [-0.1, -0.05) is 309 Å². The first kappa shape index (κ1) is 68.6. The molecule has 0 saturated carbocycles. The number of amides is 1. The summed E-state index contributed by atoms with van der Waals surface area (Å²) in [5.74, 6) is -0.0395. The van der Waals surface area contributed by atoms with Crippen molar-refractivity contribution in [3.63, 3.8) is 0 Å². The maximum atomic E-state index is 12.5. The maximum Gasteiger partial charge on any atom is 0.305 e. The lowest BCUT2D eigenvalue weighted by atomic mass is 10.0. The molecule has 0 aromatic rings. The number of rotatable bonds is 60. The molecule has 6 heteroatoms. The summed E-state index contributed by atoms with van der Waals surface area (Å²) < 4.78 is 5.47. The van der Waals surface area contributed by atoms with Gasteiger partial charge in [-0.3, -0.25) is 9.59 Å². The van der Waals surface area contributed by atoms with Gasteiger partial charge in [0, 0.05) is 12.8 Å². The number of carbonyl (C=O) groups is 2. The summed E-state index contributed by atoms with van der Waals surface area (Å²) >= 11 is 0. The van der Waals surface area contributed by atoms with E-state index >= 15 is 0 Å². The normalized spacial score (nSPS) is 12.6. The van der Waals surface area contributed by atoms with Crippen LogP contribution in [0.25, 0.3) is 0 Å². The lowest BCUT2D eigenvalue weighted by Gasteiger charge is -2.22. The first-order chi connectivity index (χ1) is 34.5. The van der Waals surface area contributed by atoms with Crippen molar-refractivity contribution in [2.75, 3.05) is 13.2 Å². The summed E-state index contributed by atoms with van der Waals surface area (Å²) in [5, 5.41) is 23.4. The van der Waals surface area contributed by atoms with Crippen LogP contribution in [0, 0.1) is 0 Å². The van der Waals surface area contributed by atoms with Crippen molar-refractivity contribution in [1.29, 1.82) is 0 Å². The third-order valence-corrected chi connectivity index (χ3v) is 15.1. The Bertz CT molecular complexity index is 1050. The molecule has 0 aliphatic rings. The number of hydrogen-bond acceptors (Lipinski definition) is 5. The van der Waals surface area contributed by atoms with Crippen molar-refractivity contribution in [1.82, 2.24) is 5.32 Å². The molecule has 1 amide bonds.